The van der Waals surface area contributed by atoms with Crippen LogP contribution in [0.3, 0.4) is 0 Å². The van der Waals surface area contributed by atoms with Crippen LogP contribution in [0.2, 0.25) is 0 Å². The average Bonchev–Trinajstić information content (AvgIpc) is 3.46. The highest BCUT2D eigenvalue weighted by atomic mass is 16.5. The van der Waals surface area contributed by atoms with Gasteiger partial charge in [0.25, 0.3) is 5.91 Å². The highest BCUT2D eigenvalue weighted by molar-refractivity contribution is 5.99. The summed E-state index contributed by atoms with van der Waals surface area (Å²) in [5, 5.41) is 5.84. The first kappa shape index (κ1) is 20.0. The molecule has 1 aromatic carbocycles. The smallest absolute Gasteiger partial charge is 0.251 e. The molecule has 1 aliphatic carbocycles. The normalized spacial score (nSPS) is 26.5. The number of rotatable bonds is 6. The first-order valence-electron chi connectivity index (χ1n) is 10.2. The maximum atomic E-state index is 12.9. The topological polar surface area (TPSA) is 89.1 Å². The van der Waals surface area contributed by atoms with E-state index in [1.54, 1.807) is 12.1 Å². The molecule has 1 aromatic rings. The van der Waals surface area contributed by atoms with Gasteiger partial charge in [-0.1, -0.05) is 0 Å². The molecule has 2 saturated heterocycles. The lowest BCUT2D eigenvalue weighted by Crippen LogP contribution is -2.47. The van der Waals surface area contributed by atoms with Gasteiger partial charge in [0.05, 0.1) is 32.6 Å². The van der Waals surface area contributed by atoms with Crippen molar-refractivity contribution in [1.82, 2.24) is 10.2 Å². The van der Waals surface area contributed by atoms with Crippen LogP contribution in [0.5, 0.6) is 11.5 Å². The molecule has 0 bridgehead atoms. The van der Waals surface area contributed by atoms with Crippen molar-refractivity contribution < 1.29 is 23.8 Å². The van der Waals surface area contributed by atoms with Crippen LogP contribution in [0.15, 0.2) is 12.1 Å². The Bertz CT molecular complexity index is 795. The number of methoxy groups -OCH3 is 2. The van der Waals surface area contributed by atoms with Crippen LogP contribution in [0.25, 0.3) is 0 Å². The summed E-state index contributed by atoms with van der Waals surface area (Å²) < 4.78 is 16.7. The number of amides is 2. The number of morpholine rings is 1. The fourth-order valence-corrected chi connectivity index (χ4v) is 4.40. The zero-order chi connectivity index (χ0) is 20.5. The van der Waals surface area contributed by atoms with E-state index in [1.165, 1.54) is 34.0 Å². The number of carbonyl (C=O) groups is 2. The molecule has 3 fully saturated rings. The second kappa shape index (κ2) is 8.20. The lowest BCUT2D eigenvalue weighted by atomic mass is 10.1. The fourth-order valence-electron chi connectivity index (χ4n) is 4.40. The van der Waals surface area contributed by atoms with Gasteiger partial charge in [0.2, 0.25) is 5.91 Å². The fraction of sp³-hybridized carbons (Fsp3) is 0.619. The van der Waals surface area contributed by atoms with E-state index in [0.29, 0.717) is 34.9 Å². The van der Waals surface area contributed by atoms with E-state index in [0.717, 1.165) is 32.0 Å². The summed E-state index contributed by atoms with van der Waals surface area (Å²) in [6, 6.07) is 3.70. The molecular formula is C21H29N3O5. The van der Waals surface area contributed by atoms with Crippen LogP contribution in [0.1, 0.15) is 36.5 Å². The predicted octanol–water partition coefficient (Wildman–Crippen LogP) is 1.64. The molecule has 0 unspecified atom stereocenters. The molecule has 2 amide bonds. The lowest BCUT2D eigenvalue weighted by molar-refractivity contribution is -0.114. The van der Waals surface area contributed by atoms with Crippen molar-refractivity contribution in [3.8, 4) is 11.5 Å². The van der Waals surface area contributed by atoms with Gasteiger partial charge in [-0.25, -0.2) is 0 Å². The molecule has 158 valence electrons. The summed E-state index contributed by atoms with van der Waals surface area (Å²) in [6.07, 6.45) is 3.79. The molecule has 4 rings (SSSR count). The number of fused-ring (bicyclic) bond motifs is 1. The Kier molecular flexibility index (Phi) is 5.65. The number of hydrogen-bond donors (Lipinski definition) is 2. The zero-order valence-corrected chi connectivity index (χ0v) is 17.2. The standard InChI is InChI=1S/C21H29N3O5/c1-12(25)22-17-6-14(7-18(27-2)20(17)28-3)21(26)23-15-8-16-11-29-19(13-4-5-13)10-24(16)9-15/h6-7,13,15-16,19H,4-5,8-11H2,1-3H3,(H,22,25)(H,23,26)/t15-,16-,19-/m0/s1. The monoisotopic (exact) mass is 403 g/mol. The van der Waals surface area contributed by atoms with Crippen molar-refractivity contribution in [3.05, 3.63) is 17.7 Å². The third kappa shape index (κ3) is 4.33. The Morgan fingerprint density at radius 1 is 1.17 bits per heavy atom. The van der Waals surface area contributed by atoms with Crippen LogP contribution in [-0.4, -0.2) is 68.8 Å². The van der Waals surface area contributed by atoms with Gasteiger partial charge in [-0.2, -0.15) is 0 Å². The first-order chi connectivity index (χ1) is 14.0. The minimum absolute atomic E-state index is 0.0753. The molecule has 2 aliphatic heterocycles. The van der Waals surface area contributed by atoms with E-state index in [4.69, 9.17) is 14.2 Å². The van der Waals surface area contributed by atoms with E-state index in [1.807, 2.05) is 0 Å². The predicted molar refractivity (Wildman–Crippen MR) is 108 cm³/mol. The van der Waals surface area contributed by atoms with Gasteiger partial charge in [0, 0.05) is 37.7 Å². The summed E-state index contributed by atoms with van der Waals surface area (Å²) in [5.74, 6) is 1.07. The number of anilines is 1. The Balaban J connectivity index is 1.45. The van der Waals surface area contributed by atoms with Crippen molar-refractivity contribution in [3.63, 3.8) is 0 Å². The van der Waals surface area contributed by atoms with Crippen LogP contribution in [-0.2, 0) is 9.53 Å². The van der Waals surface area contributed by atoms with E-state index in [-0.39, 0.29) is 17.9 Å². The molecule has 1 saturated carbocycles. The van der Waals surface area contributed by atoms with Gasteiger partial charge >= 0.3 is 0 Å². The lowest BCUT2D eigenvalue weighted by Gasteiger charge is -2.35. The quantitative estimate of drug-likeness (QED) is 0.751. The van der Waals surface area contributed by atoms with Crippen molar-refractivity contribution in [2.24, 2.45) is 5.92 Å². The summed E-state index contributed by atoms with van der Waals surface area (Å²) >= 11 is 0. The molecule has 29 heavy (non-hydrogen) atoms. The van der Waals surface area contributed by atoms with Gasteiger partial charge in [0.1, 0.15) is 0 Å². The van der Waals surface area contributed by atoms with Gasteiger partial charge < -0.3 is 24.8 Å². The minimum atomic E-state index is -0.249. The Morgan fingerprint density at radius 3 is 2.62 bits per heavy atom. The number of hydrogen-bond acceptors (Lipinski definition) is 6. The summed E-state index contributed by atoms with van der Waals surface area (Å²) in [6.45, 7) is 3.96. The second-order valence-electron chi connectivity index (χ2n) is 8.16. The third-order valence-electron chi connectivity index (χ3n) is 5.98. The molecule has 2 heterocycles. The maximum Gasteiger partial charge on any atom is 0.251 e. The molecule has 2 N–H and O–H groups in total. The Labute approximate surface area is 170 Å². The summed E-state index contributed by atoms with van der Waals surface area (Å²) in [5.41, 5.74) is 0.831. The first-order valence-corrected chi connectivity index (χ1v) is 10.2. The van der Waals surface area contributed by atoms with Gasteiger partial charge in [-0.05, 0) is 37.3 Å². The van der Waals surface area contributed by atoms with Gasteiger partial charge in [0.15, 0.2) is 11.5 Å². The number of nitrogens with one attached hydrogen (secondary N) is 2. The van der Waals surface area contributed by atoms with Gasteiger partial charge in [-0.3, -0.25) is 14.5 Å². The van der Waals surface area contributed by atoms with E-state index in [9.17, 15) is 9.59 Å². The maximum absolute atomic E-state index is 12.9. The molecule has 8 heteroatoms. The highest BCUT2D eigenvalue weighted by Gasteiger charge is 2.42. The van der Waals surface area contributed by atoms with E-state index < -0.39 is 0 Å². The number of ether oxygens (including phenoxy) is 3. The largest absolute Gasteiger partial charge is 0.493 e. The molecule has 3 atom stereocenters. The van der Waals surface area contributed by atoms with Crippen molar-refractivity contribution >= 4 is 17.5 Å². The number of nitrogens with zero attached hydrogens (tertiary/aromatic N) is 1. The van der Waals surface area contributed by atoms with E-state index in [2.05, 4.69) is 15.5 Å². The zero-order valence-electron chi connectivity index (χ0n) is 17.2. The van der Waals surface area contributed by atoms with Crippen molar-refractivity contribution in [2.45, 2.75) is 44.4 Å². The second-order valence-corrected chi connectivity index (χ2v) is 8.16. The number of benzene rings is 1. The van der Waals surface area contributed by atoms with Crippen molar-refractivity contribution in [1.29, 1.82) is 0 Å². The molecule has 0 spiro atoms. The third-order valence-corrected chi connectivity index (χ3v) is 5.98. The number of carbonyl (C=O) groups excluding carboxylic acids is 2. The minimum Gasteiger partial charge on any atom is -0.493 e. The van der Waals surface area contributed by atoms with Crippen molar-refractivity contribution in [2.75, 3.05) is 39.2 Å². The highest BCUT2D eigenvalue weighted by Crippen LogP contribution is 2.38. The SMILES string of the molecule is COc1cc(C(=O)N[C@H]2C[C@H]3CO[C@H](C4CC4)CN3C2)cc(NC(C)=O)c1OC. The molecular weight excluding hydrogens is 374 g/mol. The van der Waals surface area contributed by atoms with E-state index >= 15 is 0 Å². The van der Waals surface area contributed by atoms with Gasteiger partial charge in [-0.15, -0.1) is 0 Å². The molecule has 8 nitrogen and oxygen atoms in total. The molecule has 0 aromatic heterocycles. The van der Waals surface area contributed by atoms with Crippen LogP contribution >= 0.6 is 0 Å². The summed E-state index contributed by atoms with van der Waals surface area (Å²) in [4.78, 5) is 26.9. The Morgan fingerprint density at radius 2 is 1.97 bits per heavy atom. The van der Waals surface area contributed by atoms with Crippen LogP contribution in [0, 0.1) is 5.92 Å². The van der Waals surface area contributed by atoms with Crippen LogP contribution in [0.4, 0.5) is 5.69 Å². The Hall–Kier alpha value is -2.32. The average molecular weight is 403 g/mol. The molecule has 0 radical (unpaired) electrons. The van der Waals surface area contributed by atoms with Crippen LogP contribution < -0.4 is 20.1 Å². The summed E-state index contributed by atoms with van der Waals surface area (Å²) in [7, 11) is 3.00. The molecule has 3 aliphatic rings.